The van der Waals surface area contributed by atoms with E-state index in [-0.39, 0.29) is 11.8 Å². The van der Waals surface area contributed by atoms with E-state index in [0.717, 1.165) is 16.7 Å². The van der Waals surface area contributed by atoms with Crippen LogP contribution < -0.4 is 4.74 Å². The molecule has 6 nitrogen and oxygen atoms in total. The average Bonchev–Trinajstić information content (AvgIpc) is 2.97. The fraction of sp³-hybridized carbons (Fsp3) is 0.375. The van der Waals surface area contributed by atoms with Crippen LogP contribution in [0, 0.1) is 0 Å². The molecule has 1 N–H and O–H groups in total. The lowest BCUT2D eigenvalue weighted by molar-refractivity contribution is -0.130. The lowest BCUT2D eigenvalue weighted by Crippen LogP contribution is -2.50. The molecule has 22 heavy (non-hydrogen) atoms. The zero-order valence-corrected chi connectivity index (χ0v) is 12.8. The van der Waals surface area contributed by atoms with Crippen LogP contribution in [0.4, 0.5) is 0 Å². The van der Waals surface area contributed by atoms with Crippen molar-refractivity contribution in [3.63, 3.8) is 0 Å². The Bertz CT molecular complexity index is 714. The van der Waals surface area contributed by atoms with Crippen LogP contribution in [-0.4, -0.2) is 59.9 Å². The van der Waals surface area contributed by atoms with Gasteiger partial charge < -0.3 is 19.5 Å². The Morgan fingerprint density at radius 1 is 1.09 bits per heavy atom. The number of piperazine rings is 1. The molecule has 2 heterocycles. The Kier molecular flexibility index (Phi) is 3.75. The highest BCUT2D eigenvalue weighted by Crippen LogP contribution is 2.22. The van der Waals surface area contributed by atoms with Gasteiger partial charge in [-0.05, 0) is 24.3 Å². The van der Waals surface area contributed by atoms with Gasteiger partial charge in [0.2, 0.25) is 5.91 Å². The fourth-order valence-corrected chi connectivity index (χ4v) is 2.75. The number of methoxy groups -OCH3 is 1. The number of H-pyrrole nitrogens is 1. The summed E-state index contributed by atoms with van der Waals surface area (Å²) >= 11 is 0. The van der Waals surface area contributed by atoms with E-state index in [4.69, 9.17) is 4.74 Å². The minimum absolute atomic E-state index is 0.0293. The number of hydrogen-bond acceptors (Lipinski definition) is 3. The molecule has 0 aliphatic carbocycles. The molecule has 3 rings (SSSR count). The van der Waals surface area contributed by atoms with E-state index in [1.54, 1.807) is 23.8 Å². The molecule has 6 heteroatoms. The normalized spacial score (nSPS) is 15.2. The SMILES string of the molecule is COc1ccc2[nH]c(C(=O)N3CCN(C(C)=O)CC3)cc2c1. The summed E-state index contributed by atoms with van der Waals surface area (Å²) in [7, 11) is 1.62. The van der Waals surface area contributed by atoms with Gasteiger partial charge in [-0.25, -0.2) is 0 Å². The second-order valence-corrected chi connectivity index (χ2v) is 5.43. The van der Waals surface area contributed by atoms with Crippen molar-refractivity contribution in [1.82, 2.24) is 14.8 Å². The number of amides is 2. The predicted octanol–water partition coefficient (Wildman–Crippen LogP) is 1.48. The van der Waals surface area contributed by atoms with E-state index in [1.165, 1.54) is 0 Å². The van der Waals surface area contributed by atoms with Crippen molar-refractivity contribution < 1.29 is 14.3 Å². The first-order valence-electron chi connectivity index (χ1n) is 7.30. The van der Waals surface area contributed by atoms with Crippen molar-refractivity contribution in [2.24, 2.45) is 0 Å². The van der Waals surface area contributed by atoms with Crippen LogP contribution >= 0.6 is 0 Å². The molecule has 1 fully saturated rings. The summed E-state index contributed by atoms with van der Waals surface area (Å²) in [5, 5.41) is 0.949. The lowest BCUT2D eigenvalue weighted by atomic mass is 10.2. The first-order valence-corrected chi connectivity index (χ1v) is 7.30. The molecule has 1 aliphatic heterocycles. The summed E-state index contributed by atoms with van der Waals surface area (Å²) in [6, 6.07) is 7.51. The van der Waals surface area contributed by atoms with Gasteiger partial charge in [0.1, 0.15) is 11.4 Å². The van der Waals surface area contributed by atoms with Gasteiger partial charge in [0.05, 0.1) is 7.11 Å². The molecular formula is C16H19N3O3. The second kappa shape index (κ2) is 5.71. The lowest BCUT2D eigenvalue weighted by Gasteiger charge is -2.33. The highest BCUT2D eigenvalue weighted by molar-refractivity contribution is 5.98. The van der Waals surface area contributed by atoms with Crippen LogP contribution in [0.15, 0.2) is 24.3 Å². The summed E-state index contributed by atoms with van der Waals surface area (Å²) in [6.07, 6.45) is 0. The fourth-order valence-electron chi connectivity index (χ4n) is 2.75. The number of aromatic amines is 1. The Labute approximate surface area is 128 Å². The highest BCUT2D eigenvalue weighted by atomic mass is 16.5. The van der Waals surface area contributed by atoms with Gasteiger partial charge >= 0.3 is 0 Å². The van der Waals surface area contributed by atoms with E-state index in [9.17, 15) is 9.59 Å². The summed E-state index contributed by atoms with van der Waals surface area (Å²) in [4.78, 5) is 30.6. The van der Waals surface area contributed by atoms with Crippen LogP contribution in [-0.2, 0) is 4.79 Å². The number of hydrogen-bond donors (Lipinski definition) is 1. The maximum atomic E-state index is 12.6. The van der Waals surface area contributed by atoms with Gasteiger partial charge in [-0.2, -0.15) is 0 Å². The van der Waals surface area contributed by atoms with Crippen LogP contribution in [0.3, 0.4) is 0 Å². The number of carbonyl (C=O) groups is 2. The van der Waals surface area contributed by atoms with E-state index >= 15 is 0 Å². The van der Waals surface area contributed by atoms with Crippen molar-refractivity contribution in [2.75, 3.05) is 33.3 Å². The average molecular weight is 301 g/mol. The number of carbonyl (C=O) groups excluding carboxylic acids is 2. The third-order valence-electron chi connectivity index (χ3n) is 4.07. The van der Waals surface area contributed by atoms with Crippen LogP contribution in [0.2, 0.25) is 0 Å². The quantitative estimate of drug-likeness (QED) is 0.913. The molecule has 116 valence electrons. The van der Waals surface area contributed by atoms with E-state index in [0.29, 0.717) is 31.9 Å². The maximum absolute atomic E-state index is 12.6. The number of rotatable bonds is 2. The highest BCUT2D eigenvalue weighted by Gasteiger charge is 2.24. The second-order valence-electron chi connectivity index (χ2n) is 5.43. The monoisotopic (exact) mass is 301 g/mol. The molecule has 1 aromatic carbocycles. The summed E-state index contributed by atoms with van der Waals surface area (Å²) in [6.45, 7) is 3.88. The van der Waals surface area contributed by atoms with Crippen molar-refractivity contribution in [3.8, 4) is 5.75 Å². The van der Waals surface area contributed by atoms with Crippen LogP contribution in [0.5, 0.6) is 5.75 Å². The zero-order chi connectivity index (χ0) is 15.7. The Balaban J connectivity index is 1.76. The summed E-state index contributed by atoms with van der Waals surface area (Å²) < 4.78 is 5.20. The number of nitrogens with zero attached hydrogens (tertiary/aromatic N) is 2. The number of ether oxygens (including phenoxy) is 1. The minimum Gasteiger partial charge on any atom is -0.497 e. The van der Waals surface area contributed by atoms with Crippen molar-refractivity contribution in [2.45, 2.75) is 6.92 Å². The van der Waals surface area contributed by atoms with Gasteiger partial charge in [-0.3, -0.25) is 9.59 Å². The Morgan fingerprint density at radius 3 is 2.41 bits per heavy atom. The van der Waals surface area contributed by atoms with E-state index in [2.05, 4.69) is 4.98 Å². The molecule has 0 spiro atoms. The number of fused-ring (bicyclic) bond motifs is 1. The molecule has 0 radical (unpaired) electrons. The molecule has 2 amide bonds. The van der Waals surface area contributed by atoms with Crippen molar-refractivity contribution >= 4 is 22.7 Å². The van der Waals surface area contributed by atoms with Crippen LogP contribution in [0.25, 0.3) is 10.9 Å². The van der Waals surface area contributed by atoms with Gasteiger partial charge in [0.15, 0.2) is 0 Å². The molecule has 1 aliphatic rings. The topological polar surface area (TPSA) is 65.6 Å². The Hall–Kier alpha value is -2.50. The van der Waals surface area contributed by atoms with Gasteiger partial charge in [-0.15, -0.1) is 0 Å². The van der Waals surface area contributed by atoms with Crippen molar-refractivity contribution in [1.29, 1.82) is 0 Å². The van der Waals surface area contributed by atoms with Gasteiger partial charge in [0, 0.05) is 44.0 Å². The number of nitrogens with one attached hydrogen (secondary N) is 1. The third-order valence-corrected chi connectivity index (χ3v) is 4.07. The largest absolute Gasteiger partial charge is 0.497 e. The molecule has 0 unspecified atom stereocenters. The summed E-state index contributed by atoms with van der Waals surface area (Å²) in [5.74, 6) is 0.795. The van der Waals surface area contributed by atoms with Crippen molar-refractivity contribution in [3.05, 3.63) is 30.0 Å². The predicted molar refractivity (Wildman–Crippen MR) is 83.0 cm³/mol. The molecule has 1 saturated heterocycles. The first kappa shape index (κ1) is 14.4. The molecule has 2 aromatic rings. The Morgan fingerprint density at radius 2 is 1.77 bits per heavy atom. The first-order chi connectivity index (χ1) is 10.6. The molecular weight excluding hydrogens is 282 g/mol. The van der Waals surface area contributed by atoms with Gasteiger partial charge in [0.25, 0.3) is 5.91 Å². The molecule has 0 saturated carbocycles. The zero-order valence-electron chi connectivity index (χ0n) is 12.8. The molecule has 0 bridgehead atoms. The standard InChI is InChI=1S/C16H19N3O3/c1-11(20)18-5-7-19(8-6-18)16(21)15-10-12-9-13(22-2)3-4-14(12)17-15/h3-4,9-10,17H,5-8H2,1-2H3. The number of benzene rings is 1. The molecule has 0 atom stereocenters. The van der Waals surface area contributed by atoms with E-state index in [1.807, 2.05) is 24.3 Å². The van der Waals surface area contributed by atoms with Crippen LogP contribution in [0.1, 0.15) is 17.4 Å². The number of aromatic nitrogens is 1. The maximum Gasteiger partial charge on any atom is 0.270 e. The van der Waals surface area contributed by atoms with E-state index < -0.39 is 0 Å². The third kappa shape index (κ3) is 2.64. The van der Waals surface area contributed by atoms with Gasteiger partial charge in [-0.1, -0.05) is 0 Å². The molecule has 1 aromatic heterocycles. The smallest absolute Gasteiger partial charge is 0.270 e. The summed E-state index contributed by atoms with van der Waals surface area (Å²) in [5.41, 5.74) is 1.48. The minimum atomic E-state index is -0.0293.